The molecule has 2 amide bonds. The summed E-state index contributed by atoms with van der Waals surface area (Å²) in [5.74, 6) is -0.818. The minimum atomic E-state index is -4.08. The van der Waals surface area contributed by atoms with Gasteiger partial charge in [-0.15, -0.1) is 0 Å². The molecule has 0 heterocycles. The molecule has 38 heavy (non-hydrogen) atoms. The molecule has 0 bridgehead atoms. The summed E-state index contributed by atoms with van der Waals surface area (Å²) in [6.45, 7) is 7.03. The van der Waals surface area contributed by atoms with Crippen LogP contribution in [0.3, 0.4) is 0 Å². The van der Waals surface area contributed by atoms with E-state index in [2.05, 4.69) is 5.32 Å². The number of carbonyl (C=O) groups excluding carboxylic acids is 2. The number of carbonyl (C=O) groups is 2. The van der Waals surface area contributed by atoms with E-state index in [1.165, 1.54) is 17.0 Å². The average Bonchev–Trinajstić information content (AvgIpc) is 2.91. The van der Waals surface area contributed by atoms with Crippen LogP contribution in [0.2, 0.25) is 5.02 Å². The normalized spacial score (nSPS) is 12.9. The molecule has 2 atom stereocenters. The summed E-state index contributed by atoms with van der Waals surface area (Å²) in [4.78, 5) is 28.4. The third kappa shape index (κ3) is 7.36. The minimum absolute atomic E-state index is 0.0695. The number of aryl methyl sites for hydroxylation is 1. The fourth-order valence-electron chi connectivity index (χ4n) is 3.79. The van der Waals surface area contributed by atoms with Crippen LogP contribution in [0, 0.1) is 6.92 Å². The fraction of sp³-hybridized carbons (Fsp3) is 0.310. The lowest BCUT2D eigenvalue weighted by Gasteiger charge is -2.32. The quantitative estimate of drug-likeness (QED) is 0.353. The van der Waals surface area contributed by atoms with Crippen LogP contribution < -0.4 is 9.62 Å². The van der Waals surface area contributed by atoms with E-state index in [4.69, 9.17) is 11.6 Å². The topological polar surface area (TPSA) is 86.8 Å². The largest absolute Gasteiger partial charge is 0.352 e. The average molecular weight is 556 g/mol. The molecule has 3 aromatic carbocycles. The Bertz CT molecular complexity index is 1330. The Morgan fingerprint density at radius 2 is 1.53 bits per heavy atom. The second kappa shape index (κ2) is 12.9. The van der Waals surface area contributed by atoms with Gasteiger partial charge in [-0.3, -0.25) is 13.9 Å². The van der Waals surface area contributed by atoms with Gasteiger partial charge >= 0.3 is 0 Å². The maximum absolute atomic E-state index is 13.9. The highest BCUT2D eigenvalue weighted by Gasteiger charge is 2.32. The van der Waals surface area contributed by atoms with Gasteiger partial charge in [-0.05, 0) is 69.2 Å². The summed E-state index contributed by atoms with van der Waals surface area (Å²) in [7, 11) is -4.08. The van der Waals surface area contributed by atoms with Gasteiger partial charge < -0.3 is 10.2 Å². The first-order valence-electron chi connectivity index (χ1n) is 12.5. The highest BCUT2D eigenvalue weighted by Crippen LogP contribution is 2.25. The molecule has 7 nitrogen and oxygen atoms in total. The number of anilines is 1. The van der Waals surface area contributed by atoms with E-state index in [0.29, 0.717) is 10.7 Å². The van der Waals surface area contributed by atoms with Gasteiger partial charge in [0.1, 0.15) is 12.6 Å². The lowest BCUT2D eigenvalue weighted by atomic mass is 10.1. The third-order valence-electron chi connectivity index (χ3n) is 6.37. The summed E-state index contributed by atoms with van der Waals surface area (Å²) in [6.07, 6.45) is 0.736. The summed E-state index contributed by atoms with van der Waals surface area (Å²) in [5, 5.41) is 3.47. The van der Waals surface area contributed by atoms with Crippen molar-refractivity contribution in [3.63, 3.8) is 0 Å². The van der Waals surface area contributed by atoms with Crippen LogP contribution in [-0.2, 0) is 26.2 Å². The number of sulfonamides is 1. The maximum Gasteiger partial charge on any atom is 0.264 e. The molecular weight excluding hydrogens is 522 g/mol. The van der Waals surface area contributed by atoms with Crippen LogP contribution in [0.15, 0.2) is 83.8 Å². The van der Waals surface area contributed by atoms with Crippen LogP contribution >= 0.6 is 11.6 Å². The molecule has 0 fully saturated rings. The molecule has 1 N–H and O–H groups in total. The van der Waals surface area contributed by atoms with Crippen molar-refractivity contribution in [2.45, 2.75) is 57.6 Å². The molecule has 3 aromatic rings. The molecule has 0 saturated carbocycles. The van der Waals surface area contributed by atoms with Crippen molar-refractivity contribution in [1.82, 2.24) is 10.2 Å². The van der Waals surface area contributed by atoms with E-state index >= 15 is 0 Å². The molecule has 0 saturated heterocycles. The number of halogens is 1. The van der Waals surface area contributed by atoms with Gasteiger partial charge in [-0.25, -0.2) is 8.42 Å². The zero-order chi connectivity index (χ0) is 27.9. The van der Waals surface area contributed by atoms with Crippen LogP contribution in [-0.4, -0.2) is 43.8 Å². The highest BCUT2D eigenvalue weighted by atomic mass is 35.5. The van der Waals surface area contributed by atoms with Gasteiger partial charge in [0, 0.05) is 17.6 Å². The van der Waals surface area contributed by atoms with Crippen LogP contribution in [0.5, 0.6) is 0 Å². The van der Waals surface area contributed by atoms with Gasteiger partial charge in [0.2, 0.25) is 11.8 Å². The van der Waals surface area contributed by atoms with Gasteiger partial charge in [-0.2, -0.15) is 0 Å². The molecule has 0 unspecified atom stereocenters. The van der Waals surface area contributed by atoms with Gasteiger partial charge in [0.25, 0.3) is 10.0 Å². The number of amides is 2. The van der Waals surface area contributed by atoms with E-state index in [9.17, 15) is 18.0 Å². The van der Waals surface area contributed by atoms with Crippen molar-refractivity contribution in [3.05, 3.63) is 95.0 Å². The second-order valence-corrected chi connectivity index (χ2v) is 11.6. The number of hydrogen-bond acceptors (Lipinski definition) is 4. The standard InChI is InChI=1S/C29H34ClN3O4S/c1-5-22(3)31-29(35)23(4)32(19-24-13-15-25(30)16-14-24)28(34)20-33(26-17-11-21(2)12-18-26)38(36,37)27-9-7-6-8-10-27/h6-18,22-23H,5,19-20H2,1-4H3,(H,31,35)/t22-,23-/m1/s1. The molecule has 0 aromatic heterocycles. The van der Waals surface area contributed by atoms with Crippen LogP contribution in [0.1, 0.15) is 38.3 Å². The molecular formula is C29H34ClN3O4S. The van der Waals surface area contributed by atoms with Crippen molar-refractivity contribution < 1.29 is 18.0 Å². The minimum Gasteiger partial charge on any atom is -0.352 e. The monoisotopic (exact) mass is 555 g/mol. The summed E-state index contributed by atoms with van der Waals surface area (Å²) < 4.78 is 28.5. The van der Waals surface area contributed by atoms with E-state index in [1.807, 2.05) is 20.8 Å². The van der Waals surface area contributed by atoms with Crippen molar-refractivity contribution in [3.8, 4) is 0 Å². The molecule has 0 aliphatic heterocycles. The summed E-state index contributed by atoms with van der Waals surface area (Å²) >= 11 is 6.04. The molecule has 0 radical (unpaired) electrons. The number of hydrogen-bond donors (Lipinski definition) is 1. The first-order chi connectivity index (χ1) is 18.0. The summed E-state index contributed by atoms with van der Waals surface area (Å²) in [5.41, 5.74) is 2.08. The first-order valence-corrected chi connectivity index (χ1v) is 14.3. The van der Waals surface area contributed by atoms with E-state index in [-0.39, 0.29) is 23.4 Å². The summed E-state index contributed by atoms with van der Waals surface area (Å²) in [6, 6.07) is 21.0. The van der Waals surface area contributed by atoms with Crippen molar-refractivity contribution in [2.24, 2.45) is 0 Å². The SMILES string of the molecule is CC[C@@H](C)NC(=O)[C@@H](C)N(Cc1ccc(Cl)cc1)C(=O)CN(c1ccc(C)cc1)S(=O)(=O)c1ccccc1. The van der Waals surface area contributed by atoms with Crippen molar-refractivity contribution in [2.75, 3.05) is 10.8 Å². The number of rotatable bonds is 11. The fourth-order valence-corrected chi connectivity index (χ4v) is 5.36. The smallest absolute Gasteiger partial charge is 0.264 e. The zero-order valence-corrected chi connectivity index (χ0v) is 23.7. The number of nitrogens with zero attached hydrogens (tertiary/aromatic N) is 2. The molecule has 202 valence electrons. The van der Waals surface area contributed by atoms with Crippen LogP contribution in [0.4, 0.5) is 5.69 Å². The zero-order valence-electron chi connectivity index (χ0n) is 22.1. The Hall–Kier alpha value is -3.36. The maximum atomic E-state index is 13.9. The van der Waals surface area contributed by atoms with E-state index in [1.54, 1.807) is 73.7 Å². The Morgan fingerprint density at radius 1 is 0.921 bits per heavy atom. The predicted molar refractivity (Wildman–Crippen MR) is 152 cm³/mol. The molecule has 3 rings (SSSR count). The van der Waals surface area contributed by atoms with Gasteiger partial charge in [-0.1, -0.05) is 66.6 Å². The van der Waals surface area contributed by atoms with Crippen molar-refractivity contribution in [1.29, 1.82) is 0 Å². The predicted octanol–water partition coefficient (Wildman–Crippen LogP) is 5.18. The molecule has 9 heteroatoms. The van der Waals surface area contributed by atoms with Crippen molar-refractivity contribution >= 4 is 39.1 Å². The molecule has 0 spiro atoms. The Balaban J connectivity index is 2.00. The Kier molecular flexibility index (Phi) is 9.94. The number of benzene rings is 3. The second-order valence-electron chi connectivity index (χ2n) is 9.30. The van der Waals surface area contributed by atoms with E-state index in [0.717, 1.165) is 21.9 Å². The molecule has 0 aliphatic carbocycles. The third-order valence-corrected chi connectivity index (χ3v) is 8.41. The lowest BCUT2D eigenvalue weighted by Crippen LogP contribution is -2.52. The first kappa shape index (κ1) is 29.2. The van der Waals surface area contributed by atoms with Gasteiger partial charge in [0.15, 0.2) is 0 Å². The Morgan fingerprint density at radius 3 is 2.11 bits per heavy atom. The number of nitrogens with one attached hydrogen (secondary N) is 1. The van der Waals surface area contributed by atoms with Crippen LogP contribution in [0.25, 0.3) is 0 Å². The lowest BCUT2D eigenvalue weighted by molar-refractivity contribution is -0.139. The van der Waals surface area contributed by atoms with Gasteiger partial charge in [0.05, 0.1) is 10.6 Å². The Labute approximate surface area is 230 Å². The van der Waals surface area contributed by atoms with E-state index < -0.39 is 28.5 Å². The molecule has 0 aliphatic rings. The highest BCUT2D eigenvalue weighted by molar-refractivity contribution is 7.92.